The summed E-state index contributed by atoms with van der Waals surface area (Å²) in [7, 11) is 0. The Morgan fingerprint density at radius 1 is 1.06 bits per heavy atom. The summed E-state index contributed by atoms with van der Waals surface area (Å²) in [5.41, 5.74) is -3.09. The molecule has 0 aromatic rings. The van der Waals surface area contributed by atoms with Gasteiger partial charge in [-0.05, 0) is 30.1 Å². The minimum Gasteiger partial charge on any atom is -0.338 e. The molecule has 1 unspecified atom stereocenters. The summed E-state index contributed by atoms with van der Waals surface area (Å²) in [6, 6.07) is 0. The molecule has 0 aliphatic heterocycles. The molecule has 0 bridgehead atoms. The van der Waals surface area contributed by atoms with Crippen LogP contribution in [0.3, 0.4) is 0 Å². The van der Waals surface area contributed by atoms with Crippen LogP contribution in [0.4, 0.5) is 0 Å². The standard InChI is InChI=1S/C11H25O2PS2/c1-9(2)7-5-6-8-11(10(3)4)16-14(12,13)15/h9-11H,5-8H2,1-4H3,(H2,12,13,15). The smallest absolute Gasteiger partial charge is 0.242 e. The Morgan fingerprint density at radius 2 is 1.56 bits per heavy atom. The Balaban J connectivity index is 3.91. The van der Waals surface area contributed by atoms with E-state index in [-0.39, 0.29) is 5.25 Å². The average molecular weight is 284 g/mol. The Hall–Kier alpha value is 0.920. The lowest BCUT2D eigenvalue weighted by atomic mass is 10.0. The van der Waals surface area contributed by atoms with E-state index in [0.29, 0.717) is 5.92 Å². The molecule has 0 aliphatic carbocycles. The summed E-state index contributed by atoms with van der Waals surface area (Å²) in [5, 5.41) is 0.285. The molecule has 2 N–H and O–H groups in total. The van der Waals surface area contributed by atoms with Crippen LogP contribution in [0.15, 0.2) is 0 Å². The van der Waals surface area contributed by atoms with Gasteiger partial charge in [-0.2, -0.15) is 0 Å². The van der Waals surface area contributed by atoms with Crippen molar-refractivity contribution < 1.29 is 9.79 Å². The molecule has 2 nitrogen and oxygen atoms in total. The molecule has 98 valence electrons. The van der Waals surface area contributed by atoms with Gasteiger partial charge in [0.15, 0.2) is 0 Å². The highest BCUT2D eigenvalue weighted by molar-refractivity contribution is 8.67. The maximum absolute atomic E-state index is 9.33. The molecule has 1 atom stereocenters. The van der Waals surface area contributed by atoms with E-state index in [0.717, 1.165) is 18.8 Å². The summed E-state index contributed by atoms with van der Waals surface area (Å²) in [5.74, 6) is 1.21. The van der Waals surface area contributed by atoms with E-state index in [1.807, 2.05) is 0 Å². The Morgan fingerprint density at radius 3 is 1.94 bits per heavy atom. The molecule has 0 heterocycles. The summed E-state index contributed by atoms with van der Waals surface area (Å²) in [4.78, 5) is 18.7. The second kappa shape index (κ2) is 8.10. The van der Waals surface area contributed by atoms with E-state index in [2.05, 4.69) is 39.5 Å². The van der Waals surface area contributed by atoms with Crippen molar-refractivity contribution in [1.29, 1.82) is 0 Å². The molecule has 0 saturated heterocycles. The van der Waals surface area contributed by atoms with E-state index in [4.69, 9.17) is 0 Å². The molecule has 0 radical (unpaired) electrons. The lowest BCUT2D eigenvalue weighted by molar-refractivity contribution is 0.488. The lowest BCUT2D eigenvalue weighted by Crippen LogP contribution is -2.11. The van der Waals surface area contributed by atoms with E-state index in [9.17, 15) is 9.79 Å². The maximum atomic E-state index is 9.33. The Bertz CT molecular complexity index is 226. The van der Waals surface area contributed by atoms with Crippen LogP contribution in [0.2, 0.25) is 0 Å². The fourth-order valence-corrected chi connectivity index (χ4v) is 5.55. The van der Waals surface area contributed by atoms with Crippen molar-refractivity contribution in [2.45, 2.75) is 58.6 Å². The van der Waals surface area contributed by atoms with Crippen LogP contribution < -0.4 is 0 Å². The van der Waals surface area contributed by atoms with Crippen LogP contribution in [0.1, 0.15) is 53.4 Å². The predicted molar refractivity (Wildman–Crippen MR) is 78.2 cm³/mol. The van der Waals surface area contributed by atoms with Crippen molar-refractivity contribution in [3.8, 4) is 0 Å². The molecule has 0 saturated carbocycles. The zero-order valence-electron chi connectivity index (χ0n) is 10.7. The molecule has 0 rings (SSSR count). The first-order chi connectivity index (χ1) is 7.22. The Labute approximate surface area is 109 Å². The van der Waals surface area contributed by atoms with Crippen molar-refractivity contribution in [3.63, 3.8) is 0 Å². The summed E-state index contributed by atoms with van der Waals surface area (Å²) in [6.07, 6.45) is 4.67. The van der Waals surface area contributed by atoms with Crippen LogP contribution >= 0.6 is 17.1 Å². The first-order valence-corrected chi connectivity index (χ1v) is 10.2. The van der Waals surface area contributed by atoms with Crippen LogP contribution in [0.5, 0.6) is 0 Å². The second-order valence-electron chi connectivity index (χ2n) is 5.06. The van der Waals surface area contributed by atoms with E-state index >= 15 is 0 Å². The molecule has 16 heavy (non-hydrogen) atoms. The normalized spacial score (nSPS) is 14.8. The highest BCUT2D eigenvalue weighted by atomic mass is 32.9. The third kappa shape index (κ3) is 10.1. The van der Waals surface area contributed by atoms with Gasteiger partial charge >= 0.3 is 0 Å². The summed E-state index contributed by atoms with van der Waals surface area (Å²) < 4.78 is 0. The SMILES string of the molecule is CC(C)CCCCC(SP(O)(O)=S)C(C)C. The van der Waals surface area contributed by atoms with Crippen molar-refractivity contribution >= 4 is 28.9 Å². The van der Waals surface area contributed by atoms with Crippen molar-refractivity contribution in [2.75, 3.05) is 0 Å². The third-order valence-corrected chi connectivity index (χ3v) is 6.27. The maximum Gasteiger partial charge on any atom is 0.242 e. The Kier molecular flexibility index (Phi) is 8.56. The van der Waals surface area contributed by atoms with Gasteiger partial charge in [0.05, 0.1) is 0 Å². The number of rotatable bonds is 8. The number of unbranched alkanes of at least 4 members (excludes halogenated alkanes) is 1. The van der Waals surface area contributed by atoms with Gasteiger partial charge in [0.25, 0.3) is 0 Å². The van der Waals surface area contributed by atoms with Gasteiger partial charge in [-0.3, -0.25) is 0 Å². The predicted octanol–water partition coefficient (Wildman–Crippen LogP) is 4.17. The van der Waals surface area contributed by atoms with E-state index < -0.39 is 5.69 Å². The fourth-order valence-electron chi connectivity index (χ4n) is 1.58. The van der Waals surface area contributed by atoms with Crippen molar-refractivity contribution in [1.82, 2.24) is 0 Å². The monoisotopic (exact) mass is 284 g/mol. The zero-order valence-corrected chi connectivity index (χ0v) is 13.2. The van der Waals surface area contributed by atoms with Gasteiger partial charge in [0, 0.05) is 5.25 Å². The molecular weight excluding hydrogens is 259 g/mol. The van der Waals surface area contributed by atoms with Gasteiger partial charge in [-0.15, -0.1) is 0 Å². The largest absolute Gasteiger partial charge is 0.338 e. The van der Waals surface area contributed by atoms with Crippen LogP contribution in [0.25, 0.3) is 0 Å². The van der Waals surface area contributed by atoms with Gasteiger partial charge < -0.3 is 9.79 Å². The minimum atomic E-state index is -3.09. The minimum absolute atomic E-state index is 0.285. The number of hydrogen-bond donors (Lipinski definition) is 2. The first-order valence-electron chi connectivity index (χ1n) is 5.96. The van der Waals surface area contributed by atoms with Gasteiger partial charge in [0.2, 0.25) is 5.69 Å². The van der Waals surface area contributed by atoms with Crippen LogP contribution in [-0.4, -0.2) is 15.0 Å². The summed E-state index contributed by atoms with van der Waals surface area (Å²) in [6.45, 7) is 8.70. The average Bonchev–Trinajstić information content (AvgIpc) is 2.07. The van der Waals surface area contributed by atoms with E-state index in [1.165, 1.54) is 24.2 Å². The lowest BCUT2D eigenvalue weighted by Gasteiger charge is -2.22. The topological polar surface area (TPSA) is 40.5 Å². The second-order valence-corrected chi connectivity index (χ2v) is 11.2. The van der Waals surface area contributed by atoms with Crippen LogP contribution in [-0.2, 0) is 11.8 Å². The first kappa shape index (κ1) is 16.9. The molecule has 0 aromatic carbocycles. The van der Waals surface area contributed by atoms with Crippen LogP contribution in [0, 0.1) is 11.8 Å². The molecular formula is C11H25O2PS2. The van der Waals surface area contributed by atoms with Gasteiger partial charge in [-0.25, -0.2) is 0 Å². The summed E-state index contributed by atoms with van der Waals surface area (Å²) >= 11 is 5.89. The molecule has 0 aliphatic rings. The molecule has 0 spiro atoms. The van der Waals surface area contributed by atoms with E-state index in [1.54, 1.807) is 0 Å². The molecule has 5 heteroatoms. The number of hydrogen-bond acceptors (Lipinski definition) is 2. The zero-order chi connectivity index (χ0) is 12.8. The quantitative estimate of drug-likeness (QED) is 0.518. The van der Waals surface area contributed by atoms with Crippen molar-refractivity contribution in [3.05, 3.63) is 0 Å². The van der Waals surface area contributed by atoms with Gasteiger partial charge in [-0.1, -0.05) is 58.3 Å². The van der Waals surface area contributed by atoms with Crippen molar-refractivity contribution in [2.24, 2.45) is 11.8 Å². The molecule has 0 fully saturated rings. The highest BCUT2D eigenvalue weighted by Gasteiger charge is 2.21. The highest BCUT2D eigenvalue weighted by Crippen LogP contribution is 2.55. The fraction of sp³-hybridized carbons (Fsp3) is 1.00. The molecule has 0 aromatic heterocycles. The third-order valence-electron chi connectivity index (χ3n) is 2.54. The van der Waals surface area contributed by atoms with Gasteiger partial charge in [0.1, 0.15) is 0 Å². The molecule has 0 amide bonds.